The van der Waals surface area contributed by atoms with Crippen LogP contribution in [0.5, 0.6) is 0 Å². The lowest BCUT2D eigenvalue weighted by Gasteiger charge is -2.35. The van der Waals surface area contributed by atoms with Gasteiger partial charge in [0.15, 0.2) is 0 Å². The Bertz CT molecular complexity index is 1520. The van der Waals surface area contributed by atoms with Gasteiger partial charge in [-0.05, 0) is 61.1 Å². The summed E-state index contributed by atoms with van der Waals surface area (Å²) < 4.78 is 29.6. The summed E-state index contributed by atoms with van der Waals surface area (Å²) in [6, 6.07) is 21.4. The minimum atomic E-state index is -4.07. The normalized spacial score (nSPS) is 14.5. The maximum absolute atomic E-state index is 14.5. The Hall–Kier alpha value is -3.40. The zero-order valence-electron chi connectivity index (χ0n) is 25.3. The highest BCUT2D eigenvalue weighted by Gasteiger charge is 2.36. The van der Waals surface area contributed by atoms with Crippen molar-refractivity contribution in [2.24, 2.45) is 0 Å². The molecule has 1 fully saturated rings. The topological polar surface area (TPSA) is 90.0 Å². The number of nitrogens with one attached hydrogen (secondary N) is 1. The number of rotatable bonds is 12. The van der Waals surface area contributed by atoms with E-state index in [0.717, 1.165) is 45.4 Å². The second-order valence-corrected chi connectivity index (χ2v) is 13.9. The molecule has 0 heterocycles. The van der Waals surface area contributed by atoms with Crippen molar-refractivity contribution >= 4 is 39.3 Å². The van der Waals surface area contributed by atoms with Gasteiger partial charge in [-0.1, -0.05) is 85.1 Å². The van der Waals surface area contributed by atoms with Crippen LogP contribution in [-0.4, -0.2) is 62.2 Å². The van der Waals surface area contributed by atoms with Crippen molar-refractivity contribution in [2.45, 2.75) is 64.6 Å². The van der Waals surface area contributed by atoms with Crippen molar-refractivity contribution in [1.82, 2.24) is 14.5 Å². The fourth-order valence-corrected chi connectivity index (χ4v) is 6.73. The first-order valence-electron chi connectivity index (χ1n) is 14.6. The highest BCUT2D eigenvalue weighted by atomic mass is 35.5. The van der Waals surface area contributed by atoms with Crippen LogP contribution in [0.3, 0.4) is 0 Å². The predicted octanol–water partition coefficient (Wildman–Crippen LogP) is 5.27. The molecule has 1 aliphatic rings. The molecule has 3 aromatic rings. The molecule has 1 N–H and O–H groups in total. The number of carbonyl (C=O) groups is 2. The van der Waals surface area contributed by atoms with Gasteiger partial charge < -0.3 is 10.2 Å². The quantitative estimate of drug-likeness (QED) is 0.297. The van der Waals surface area contributed by atoms with E-state index in [1.165, 1.54) is 19.0 Å². The van der Waals surface area contributed by atoms with E-state index in [-0.39, 0.29) is 24.9 Å². The smallest absolute Gasteiger partial charge is 0.304 e. The standard InChI is InChI=1S/C33H41ClN4O4S/c1-24-18-19-25(2)30(20-24)38(43(41,42)36(3)4)23-32(39)37(22-27-14-8-11-17-29(27)34)31(21-26-12-6-5-7-13-26)33(40)35-28-15-9-10-16-28/h5-8,11-14,17-20,28,31H,9-10,15-16,21-23H2,1-4H3,(H,35,40)/t31-/m1/s1. The van der Waals surface area contributed by atoms with E-state index in [9.17, 15) is 18.0 Å². The molecule has 0 radical (unpaired) electrons. The van der Waals surface area contributed by atoms with Gasteiger partial charge in [0.1, 0.15) is 12.6 Å². The van der Waals surface area contributed by atoms with Gasteiger partial charge in [-0.15, -0.1) is 0 Å². The SMILES string of the molecule is Cc1ccc(C)c(N(CC(=O)N(Cc2ccccc2Cl)[C@H](Cc2ccccc2)C(=O)NC2CCCC2)S(=O)(=O)N(C)C)c1. The Morgan fingerprint density at radius 3 is 2.26 bits per heavy atom. The van der Waals surface area contributed by atoms with E-state index in [1.54, 1.807) is 18.2 Å². The largest absolute Gasteiger partial charge is 0.352 e. The lowest BCUT2D eigenvalue weighted by molar-refractivity contribution is -0.140. The number of halogens is 1. The Balaban J connectivity index is 1.79. The minimum absolute atomic E-state index is 0.0384. The first kappa shape index (κ1) is 32.5. The van der Waals surface area contributed by atoms with Crippen molar-refractivity contribution in [3.8, 4) is 0 Å². The number of carbonyl (C=O) groups excluding carboxylic acids is 2. The van der Waals surface area contributed by atoms with Gasteiger partial charge in [-0.2, -0.15) is 12.7 Å². The van der Waals surface area contributed by atoms with Gasteiger partial charge in [-0.3, -0.25) is 9.59 Å². The van der Waals surface area contributed by atoms with E-state index in [2.05, 4.69) is 5.32 Å². The molecule has 0 bridgehead atoms. The Labute approximate surface area is 260 Å². The summed E-state index contributed by atoms with van der Waals surface area (Å²) in [6.07, 6.45) is 4.14. The second-order valence-electron chi connectivity index (χ2n) is 11.4. The summed E-state index contributed by atoms with van der Waals surface area (Å²) in [5.41, 5.74) is 3.53. The van der Waals surface area contributed by atoms with Crippen molar-refractivity contribution in [3.63, 3.8) is 0 Å². The van der Waals surface area contributed by atoms with Gasteiger partial charge in [-0.25, -0.2) is 4.31 Å². The number of nitrogens with zero attached hydrogens (tertiary/aromatic N) is 3. The average molecular weight is 625 g/mol. The predicted molar refractivity (Wildman–Crippen MR) is 172 cm³/mol. The lowest BCUT2D eigenvalue weighted by Crippen LogP contribution is -2.55. The van der Waals surface area contributed by atoms with Gasteiger partial charge >= 0.3 is 10.2 Å². The highest BCUT2D eigenvalue weighted by Crippen LogP contribution is 2.27. The van der Waals surface area contributed by atoms with E-state index in [4.69, 9.17) is 11.6 Å². The maximum Gasteiger partial charge on any atom is 0.304 e. The van der Waals surface area contributed by atoms with Crippen LogP contribution >= 0.6 is 11.6 Å². The van der Waals surface area contributed by atoms with Gasteiger partial charge in [0.05, 0.1) is 5.69 Å². The van der Waals surface area contributed by atoms with E-state index < -0.39 is 28.7 Å². The van der Waals surface area contributed by atoms with Crippen LogP contribution in [0.2, 0.25) is 5.02 Å². The van der Waals surface area contributed by atoms with E-state index in [0.29, 0.717) is 21.8 Å². The molecular formula is C33H41ClN4O4S. The Morgan fingerprint density at radius 2 is 1.60 bits per heavy atom. The molecule has 1 atom stereocenters. The Morgan fingerprint density at radius 1 is 0.953 bits per heavy atom. The molecule has 0 saturated heterocycles. The van der Waals surface area contributed by atoms with Crippen molar-refractivity contribution in [1.29, 1.82) is 0 Å². The molecule has 0 aromatic heterocycles. The summed E-state index contributed by atoms with van der Waals surface area (Å²) in [5.74, 6) is -0.765. The monoisotopic (exact) mass is 624 g/mol. The fourth-order valence-electron chi connectivity index (χ4n) is 5.42. The number of hydrogen-bond acceptors (Lipinski definition) is 4. The molecule has 43 heavy (non-hydrogen) atoms. The molecule has 230 valence electrons. The molecule has 10 heteroatoms. The zero-order valence-corrected chi connectivity index (χ0v) is 26.9. The van der Waals surface area contributed by atoms with Crippen LogP contribution in [0.4, 0.5) is 5.69 Å². The zero-order chi connectivity index (χ0) is 31.1. The second kappa shape index (κ2) is 14.4. The van der Waals surface area contributed by atoms with Crippen LogP contribution in [0.1, 0.15) is 47.9 Å². The molecule has 0 spiro atoms. The van der Waals surface area contributed by atoms with Crippen LogP contribution in [0.15, 0.2) is 72.8 Å². The number of amides is 2. The number of aryl methyl sites for hydroxylation is 2. The molecule has 8 nitrogen and oxygen atoms in total. The summed E-state index contributed by atoms with van der Waals surface area (Å²) in [4.78, 5) is 30.0. The number of benzene rings is 3. The van der Waals surface area contributed by atoms with Crippen LogP contribution < -0.4 is 9.62 Å². The number of hydrogen-bond donors (Lipinski definition) is 1. The van der Waals surface area contributed by atoms with E-state index in [1.807, 2.05) is 68.4 Å². The van der Waals surface area contributed by atoms with E-state index >= 15 is 0 Å². The summed E-state index contributed by atoms with van der Waals surface area (Å²) in [7, 11) is -1.20. The average Bonchev–Trinajstić information content (AvgIpc) is 3.49. The number of anilines is 1. The Kier molecular flexibility index (Phi) is 10.9. The molecule has 3 aromatic carbocycles. The third-order valence-electron chi connectivity index (χ3n) is 7.92. The molecule has 0 unspecified atom stereocenters. The van der Waals surface area contributed by atoms with Crippen molar-refractivity contribution in [3.05, 3.63) is 100 Å². The third kappa shape index (κ3) is 8.16. The molecule has 0 aliphatic heterocycles. The molecule has 1 aliphatic carbocycles. The van der Waals surface area contributed by atoms with Crippen LogP contribution in [0, 0.1) is 13.8 Å². The molecule has 4 rings (SSSR count). The maximum atomic E-state index is 14.5. The first-order chi connectivity index (χ1) is 20.5. The summed E-state index contributed by atoms with van der Waals surface area (Å²) in [6.45, 7) is 3.23. The van der Waals surface area contributed by atoms with Gasteiger partial charge in [0.25, 0.3) is 0 Å². The van der Waals surface area contributed by atoms with Crippen molar-refractivity contribution in [2.75, 3.05) is 24.9 Å². The van der Waals surface area contributed by atoms with Crippen molar-refractivity contribution < 1.29 is 18.0 Å². The van der Waals surface area contributed by atoms with Gasteiger partial charge in [0.2, 0.25) is 11.8 Å². The molecule has 2 amide bonds. The summed E-state index contributed by atoms with van der Waals surface area (Å²) >= 11 is 6.56. The fraction of sp³-hybridized carbons (Fsp3) is 0.394. The highest BCUT2D eigenvalue weighted by molar-refractivity contribution is 7.90. The lowest BCUT2D eigenvalue weighted by atomic mass is 10.0. The third-order valence-corrected chi connectivity index (χ3v) is 10.1. The van der Waals surface area contributed by atoms with Crippen LogP contribution in [0.25, 0.3) is 0 Å². The van der Waals surface area contributed by atoms with Crippen LogP contribution in [-0.2, 0) is 32.8 Å². The first-order valence-corrected chi connectivity index (χ1v) is 16.4. The minimum Gasteiger partial charge on any atom is -0.352 e. The van der Waals surface area contributed by atoms with Gasteiger partial charge in [0, 0.05) is 38.1 Å². The molecule has 1 saturated carbocycles. The summed E-state index contributed by atoms with van der Waals surface area (Å²) in [5, 5.41) is 3.64. The molecular weight excluding hydrogens is 584 g/mol.